The fourth-order valence-corrected chi connectivity index (χ4v) is 4.04. The molecule has 3 aromatic rings. The first-order valence-corrected chi connectivity index (χ1v) is 11.0. The number of nitrogens with one attached hydrogen (secondary N) is 1. The summed E-state index contributed by atoms with van der Waals surface area (Å²) in [5, 5.41) is 7.70. The van der Waals surface area contributed by atoms with Gasteiger partial charge in [0.1, 0.15) is 11.5 Å². The lowest BCUT2D eigenvalue weighted by Gasteiger charge is -2.33. The first-order valence-electron chi connectivity index (χ1n) is 11.0. The van der Waals surface area contributed by atoms with Gasteiger partial charge in [-0.05, 0) is 50.1 Å². The monoisotopic (exact) mass is 434 g/mol. The number of rotatable bonds is 5. The zero-order chi connectivity index (χ0) is 22.7. The summed E-state index contributed by atoms with van der Waals surface area (Å²) in [6.07, 6.45) is 3.81. The molecule has 0 aliphatic carbocycles. The van der Waals surface area contributed by atoms with Crippen LogP contribution in [0.3, 0.4) is 0 Å². The van der Waals surface area contributed by atoms with Crippen molar-refractivity contribution >= 4 is 11.8 Å². The molecule has 1 fully saturated rings. The number of hydrogen-bond acceptors (Lipinski definition) is 3. The second-order valence-electron chi connectivity index (χ2n) is 8.19. The zero-order valence-corrected chi connectivity index (χ0v) is 18.3. The normalized spacial score (nSPS) is 16.1. The van der Waals surface area contributed by atoms with E-state index in [0.29, 0.717) is 36.5 Å². The predicted molar refractivity (Wildman–Crippen MR) is 121 cm³/mol. The molecule has 2 heterocycles. The van der Waals surface area contributed by atoms with E-state index in [-0.39, 0.29) is 23.7 Å². The molecule has 0 saturated carbocycles. The minimum absolute atomic E-state index is 0.00567. The van der Waals surface area contributed by atoms with Crippen LogP contribution in [0.5, 0.6) is 0 Å². The van der Waals surface area contributed by atoms with Crippen LogP contribution in [0.15, 0.2) is 54.7 Å². The standard InChI is InChI=1S/C25H27FN4O2/c1-3-23(31)27-20-8-5-13-29(15-20)25(32)22-16-30(21-11-9-19(26)10-12-21)28-24(22)18-7-4-6-17(2)14-18/h4,6-7,9-12,14,16,20H,3,5,8,13,15H2,1-2H3,(H,27,31). The summed E-state index contributed by atoms with van der Waals surface area (Å²) in [5.41, 5.74) is 3.66. The molecule has 2 aromatic carbocycles. The molecule has 1 saturated heterocycles. The van der Waals surface area contributed by atoms with E-state index in [1.54, 1.807) is 27.9 Å². The number of carbonyl (C=O) groups is 2. The van der Waals surface area contributed by atoms with E-state index in [0.717, 1.165) is 24.0 Å². The van der Waals surface area contributed by atoms with E-state index in [2.05, 4.69) is 5.32 Å². The molecule has 1 aromatic heterocycles. The Morgan fingerprint density at radius 2 is 1.97 bits per heavy atom. The summed E-state index contributed by atoms with van der Waals surface area (Å²) in [4.78, 5) is 27.2. The van der Waals surface area contributed by atoms with Crippen molar-refractivity contribution in [2.45, 2.75) is 39.2 Å². The van der Waals surface area contributed by atoms with Gasteiger partial charge in [0.15, 0.2) is 0 Å². The highest BCUT2D eigenvalue weighted by Crippen LogP contribution is 2.27. The average Bonchev–Trinajstić information content (AvgIpc) is 3.24. The second kappa shape index (κ2) is 9.34. The molecule has 2 amide bonds. The number of piperidine rings is 1. The van der Waals surface area contributed by atoms with Crippen LogP contribution in [0.1, 0.15) is 42.1 Å². The van der Waals surface area contributed by atoms with Crippen molar-refractivity contribution in [2.24, 2.45) is 0 Å². The minimum atomic E-state index is -0.329. The smallest absolute Gasteiger partial charge is 0.257 e. The van der Waals surface area contributed by atoms with Crippen molar-refractivity contribution in [3.8, 4) is 16.9 Å². The van der Waals surface area contributed by atoms with Crippen molar-refractivity contribution in [2.75, 3.05) is 13.1 Å². The Hall–Kier alpha value is -3.48. The fraction of sp³-hybridized carbons (Fsp3) is 0.320. The number of amides is 2. The summed E-state index contributed by atoms with van der Waals surface area (Å²) in [6.45, 7) is 4.92. The summed E-state index contributed by atoms with van der Waals surface area (Å²) >= 11 is 0. The van der Waals surface area contributed by atoms with E-state index in [1.165, 1.54) is 12.1 Å². The second-order valence-corrected chi connectivity index (χ2v) is 8.19. The molecular formula is C25H27FN4O2. The molecule has 0 radical (unpaired) electrons. The van der Waals surface area contributed by atoms with E-state index in [4.69, 9.17) is 5.10 Å². The number of aromatic nitrogens is 2. The topological polar surface area (TPSA) is 67.2 Å². The van der Waals surface area contributed by atoms with Crippen molar-refractivity contribution in [3.63, 3.8) is 0 Å². The van der Waals surface area contributed by atoms with Gasteiger partial charge in [-0.3, -0.25) is 9.59 Å². The molecule has 6 nitrogen and oxygen atoms in total. The Morgan fingerprint density at radius 3 is 2.69 bits per heavy atom. The van der Waals surface area contributed by atoms with Gasteiger partial charge in [0.25, 0.3) is 5.91 Å². The van der Waals surface area contributed by atoms with E-state index in [1.807, 2.05) is 38.1 Å². The molecule has 7 heteroatoms. The predicted octanol–water partition coefficient (Wildman–Crippen LogP) is 4.12. The van der Waals surface area contributed by atoms with Crippen LogP contribution < -0.4 is 5.32 Å². The number of nitrogens with zero attached hydrogens (tertiary/aromatic N) is 3. The number of aryl methyl sites for hydroxylation is 1. The van der Waals surface area contributed by atoms with Crippen molar-refractivity contribution in [3.05, 3.63) is 71.7 Å². The molecule has 0 spiro atoms. The molecule has 1 aliphatic heterocycles. The Bertz CT molecular complexity index is 1120. The van der Waals surface area contributed by atoms with Gasteiger partial charge in [0, 0.05) is 37.3 Å². The highest BCUT2D eigenvalue weighted by Gasteiger charge is 2.28. The number of halogens is 1. The molecule has 1 atom stereocenters. The summed E-state index contributed by atoms with van der Waals surface area (Å²) in [5.74, 6) is -0.455. The van der Waals surface area contributed by atoms with E-state index >= 15 is 0 Å². The number of hydrogen-bond donors (Lipinski definition) is 1. The first kappa shape index (κ1) is 21.7. The molecule has 1 N–H and O–H groups in total. The Morgan fingerprint density at radius 1 is 1.19 bits per heavy atom. The Kier molecular flexibility index (Phi) is 6.35. The van der Waals surface area contributed by atoms with E-state index in [9.17, 15) is 14.0 Å². The van der Waals surface area contributed by atoms with Crippen LogP contribution >= 0.6 is 0 Å². The van der Waals surface area contributed by atoms with Crippen LogP contribution in [0.4, 0.5) is 4.39 Å². The largest absolute Gasteiger partial charge is 0.352 e. The van der Waals surface area contributed by atoms with Gasteiger partial charge >= 0.3 is 0 Å². The lowest BCUT2D eigenvalue weighted by Crippen LogP contribution is -2.49. The SMILES string of the molecule is CCC(=O)NC1CCCN(C(=O)c2cn(-c3ccc(F)cc3)nc2-c2cccc(C)c2)C1. The Labute approximate surface area is 187 Å². The van der Waals surface area contributed by atoms with Gasteiger partial charge in [-0.1, -0.05) is 30.7 Å². The molecule has 32 heavy (non-hydrogen) atoms. The first-order chi connectivity index (χ1) is 15.4. The van der Waals surface area contributed by atoms with Gasteiger partial charge in [-0.25, -0.2) is 9.07 Å². The highest BCUT2D eigenvalue weighted by molar-refractivity contribution is 6.00. The van der Waals surface area contributed by atoms with Gasteiger partial charge < -0.3 is 10.2 Å². The van der Waals surface area contributed by atoms with Crippen molar-refractivity contribution in [1.82, 2.24) is 20.0 Å². The average molecular weight is 435 g/mol. The van der Waals surface area contributed by atoms with Crippen molar-refractivity contribution < 1.29 is 14.0 Å². The van der Waals surface area contributed by atoms with E-state index < -0.39 is 0 Å². The van der Waals surface area contributed by atoms with Gasteiger partial charge in [-0.15, -0.1) is 0 Å². The molecule has 0 bridgehead atoms. The third-order valence-corrected chi connectivity index (χ3v) is 5.72. The number of benzene rings is 2. The van der Waals surface area contributed by atoms with Crippen LogP contribution in [0.2, 0.25) is 0 Å². The molecule has 4 rings (SSSR count). The van der Waals surface area contributed by atoms with Gasteiger partial charge in [-0.2, -0.15) is 5.10 Å². The van der Waals surface area contributed by atoms with Crippen LogP contribution in [0.25, 0.3) is 16.9 Å². The number of carbonyl (C=O) groups excluding carboxylic acids is 2. The summed E-state index contributed by atoms with van der Waals surface area (Å²) < 4.78 is 15.0. The maximum Gasteiger partial charge on any atom is 0.257 e. The van der Waals surface area contributed by atoms with Gasteiger partial charge in [0.05, 0.1) is 11.3 Å². The lowest BCUT2D eigenvalue weighted by molar-refractivity contribution is -0.121. The lowest BCUT2D eigenvalue weighted by atomic mass is 10.0. The molecule has 1 unspecified atom stereocenters. The third-order valence-electron chi connectivity index (χ3n) is 5.72. The quantitative estimate of drug-likeness (QED) is 0.657. The fourth-order valence-electron chi connectivity index (χ4n) is 4.04. The summed E-state index contributed by atoms with van der Waals surface area (Å²) in [6, 6.07) is 13.8. The minimum Gasteiger partial charge on any atom is -0.352 e. The molecule has 1 aliphatic rings. The van der Waals surface area contributed by atoms with Crippen LogP contribution in [0, 0.1) is 12.7 Å². The highest BCUT2D eigenvalue weighted by atomic mass is 19.1. The number of likely N-dealkylation sites (tertiary alicyclic amines) is 1. The summed E-state index contributed by atoms with van der Waals surface area (Å²) in [7, 11) is 0. The maximum atomic E-state index is 13.6. The van der Waals surface area contributed by atoms with Crippen molar-refractivity contribution in [1.29, 1.82) is 0 Å². The third kappa shape index (κ3) is 4.72. The zero-order valence-electron chi connectivity index (χ0n) is 18.3. The maximum absolute atomic E-state index is 13.6. The van der Waals surface area contributed by atoms with Crippen LogP contribution in [-0.2, 0) is 4.79 Å². The Balaban J connectivity index is 1.69. The van der Waals surface area contributed by atoms with Gasteiger partial charge in [0.2, 0.25) is 5.91 Å². The molecular weight excluding hydrogens is 407 g/mol. The van der Waals surface area contributed by atoms with Crippen LogP contribution in [-0.4, -0.2) is 45.6 Å². The molecule has 166 valence electrons.